The molecule has 7 heteroatoms. The van der Waals surface area contributed by atoms with Crippen LogP contribution in [0.3, 0.4) is 0 Å². The molecule has 2 aromatic rings. The maximum atomic E-state index is 13.6. The molecule has 0 bridgehead atoms. The summed E-state index contributed by atoms with van der Waals surface area (Å²) in [5.41, 5.74) is 0.198. The van der Waals surface area contributed by atoms with Gasteiger partial charge in [-0.1, -0.05) is 48.0 Å². The summed E-state index contributed by atoms with van der Waals surface area (Å²) >= 11 is 6.44. The van der Waals surface area contributed by atoms with Crippen molar-refractivity contribution in [2.75, 3.05) is 20.7 Å². The standard InChI is InChI=1S/C24H25ClN2O4/c1-26-21(28)14-24(23(26)30,17-9-4-5-10-18(17)25)15-22(29)27-13-7-11-19(27)16-8-3-6-12-20(16)31-2/h3-6,8-10,12,19H,7,11,13-15H2,1-2H3/t19-,24-/m0/s1. The van der Waals surface area contributed by atoms with Gasteiger partial charge >= 0.3 is 0 Å². The van der Waals surface area contributed by atoms with Crippen LogP contribution in [-0.4, -0.2) is 48.2 Å². The first-order valence-electron chi connectivity index (χ1n) is 10.4. The van der Waals surface area contributed by atoms with Crippen molar-refractivity contribution in [3.63, 3.8) is 0 Å². The molecule has 4 rings (SSSR count). The van der Waals surface area contributed by atoms with Crippen molar-refractivity contribution < 1.29 is 19.1 Å². The van der Waals surface area contributed by atoms with E-state index in [1.54, 1.807) is 31.4 Å². The quantitative estimate of drug-likeness (QED) is 0.664. The lowest BCUT2D eigenvalue weighted by Crippen LogP contribution is -2.42. The van der Waals surface area contributed by atoms with Crippen molar-refractivity contribution >= 4 is 29.3 Å². The average Bonchev–Trinajstić information content (AvgIpc) is 3.34. The fourth-order valence-corrected chi connectivity index (χ4v) is 5.19. The minimum absolute atomic E-state index is 0.0645. The Morgan fingerprint density at radius 3 is 2.55 bits per heavy atom. The van der Waals surface area contributed by atoms with Gasteiger partial charge in [0.2, 0.25) is 17.7 Å². The van der Waals surface area contributed by atoms with Gasteiger partial charge in [-0.3, -0.25) is 19.3 Å². The highest BCUT2D eigenvalue weighted by Crippen LogP contribution is 2.44. The van der Waals surface area contributed by atoms with Crippen LogP contribution in [0.2, 0.25) is 5.02 Å². The predicted molar refractivity (Wildman–Crippen MR) is 117 cm³/mol. The van der Waals surface area contributed by atoms with E-state index in [1.807, 2.05) is 29.2 Å². The Kier molecular flexibility index (Phi) is 5.75. The van der Waals surface area contributed by atoms with Gasteiger partial charge in [0.1, 0.15) is 5.75 Å². The summed E-state index contributed by atoms with van der Waals surface area (Å²) in [5, 5.41) is 0.384. The Hall–Kier alpha value is -2.86. The molecule has 0 spiro atoms. The molecule has 0 aliphatic carbocycles. The third kappa shape index (κ3) is 3.59. The molecule has 0 saturated carbocycles. The van der Waals surface area contributed by atoms with Gasteiger partial charge in [0.25, 0.3) is 0 Å². The number of amides is 3. The Bertz CT molecular complexity index is 1040. The van der Waals surface area contributed by atoms with Crippen LogP contribution in [0.25, 0.3) is 0 Å². The maximum Gasteiger partial charge on any atom is 0.240 e. The van der Waals surface area contributed by atoms with Gasteiger partial charge in [0.05, 0.1) is 18.6 Å². The fourth-order valence-electron chi connectivity index (χ4n) is 4.87. The SMILES string of the molecule is COc1ccccc1[C@@H]1CCCN1C(=O)C[C@]1(c2ccccc2Cl)CC(=O)N(C)C1=O. The van der Waals surface area contributed by atoms with Crippen molar-refractivity contribution in [3.05, 3.63) is 64.7 Å². The third-order valence-corrected chi connectivity index (χ3v) is 6.78. The largest absolute Gasteiger partial charge is 0.496 e. The molecule has 162 valence electrons. The molecule has 2 aliphatic rings. The topological polar surface area (TPSA) is 66.9 Å². The van der Waals surface area contributed by atoms with Gasteiger partial charge in [-0.05, 0) is 30.5 Å². The maximum absolute atomic E-state index is 13.6. The molecular weight excluding hydrogens is 416 g/mol. The summed E-state index contributed by atoms with van der Waals surface area (Å²) in [4.78, 5) is 42.2. The molecule has 0 radical (unpaired) electrons. The van der Waals surface area contributed by atoms with Crippen molar-refractivity contribution in [2.45, 2.75) is 37.1 Å². The van der Waals surface area contributed by atoms with Crippen molar-refractivity contribution in [1.82, 2.24) is 9.80 Å². The summed E-state index contributed by atoms with van der Waals surface area (Å²) in [6, 6.07) is 14.5. The minimum Gasteiger partial charge on any atom is -0.496 e. The van der Waals surface area contributed by atoms with E-state index in [2.05, 4.69) is 0 Å². The van der Waals surface area contributed by atoms with E-state index in [9.17, 15) is 14.4 Å². The number of para-hydroxylation sites is 1. The van der Waals surface area contributed by atoms with E-state index in [0.29, 0.717) is 17.1 Å². The van der Waals surface area contributed by atoms with E-state index >= 15 is 0 Å². The normalized spacial score (nSPS) is 23.5. The smallest absolute Gasteiger partial charge is 0.240 e. The number of halogens is 1. The van der Waals surface area contributed by atoms with Crippen LogP contribution in [0, 0.1) is 0 Å². The van der Waals surface area contributed by atoms with E-state index in [1.165, 1.54) is 7.05 Å². The fraction of sp³-hybridized carbons (Fsp3) is 0.375. The zero-order valence-corrected chi connectivity index (χ0v) is 18.4. The van der Waals surface area contributed by atoms with Crippen molar-refractivity contribution in [1.29, 1.82) is 0 Å². The van der Waals surface area contributed by atoms with Gasteiger partial charge in [-0.25, -0.2) is 0 Å². The van der Waals surface area contributed by atoms with Crippen LogP contribution in [0.1, 0.15) is 42.9 Å². The Labute approximate surface area is 186 Å². The van der Waals surface area contributed by atoms with Gasteiger partial charge < -0.3 is 9.64 Å². The van der Waals surface area contributed by atoms with Crippen molar-refractivity contribution in [2.24, 2.45) is 0 Å². The zero-order chi connectivity index (χ0) is 22.2. The first-order chi connectivity index (χ1) is 14.9. The Morgan fingerprint density at radius 2 is 1.87 bits per heavy atom. The number of imide groups is 1. The summed E-state index contributed by atoms with van der Waals surface area (Å²) < 4.78 is 5.51. The van der Waals surface area contributed by atoms with Crippen LogP contribution in [0.15, 0.2) is 48.5 Å². The summed E-state index contributed by atoms with van der Waals surface area (Å²) in [6.45, 7) is 0.595. The molecule has 2 atom stereocenters. The number of benzene rings is 2. The Morgan fingerprint density at radius 1 is 1.16 bits per heavy atom. The lowest BCUT2D eigenvalue weighted by Gasteiger charge is -2.32. The van der Waals surface area contributed by atoms with E-state index in [-0.39, 0.29) is 36.6 Å². The first kappa shape index (κ1) is 21.4. The number of methoxy groups -OCH3 is 1. The Balaban J connectivity index is 1.70. The molecule has 0 N–H and O–H groups in total. The van der Waals surface area contributed by atoms with E-state index < -0.39 is 5.41 Å². The summed E-state index contributed by atoms with van der Waals surface area (Å²) in [7, 11) is 3.08. The molecule has 2 saturated heterocycles. The summed E-state index contributed by atoms with van der Waals surface area (Å²) in [5.74, 6) is -0.114. The molecular formula is C24H25ClN2O4. The van der Waals surface area contributed by atoms with E-state index in [4.69, 9.17) is 16.3 Å². The highest BCUT2D eigenvalue weighted by molar-refractivity contribution is 6.32. The monoisotopic (exact) mass is 440 g/mol. The molecule has 2 fully saturated rings. The number of hydrogen-bond acceptors (Lipinski definition) is 4. The third-order valence-electron chi connectivity index (χ3n) is 6.45. The molecule has 0 unspecified atom stereocenters. The first-order valence-corrected chi connectivity index (χ1v) is 10.7. The van der Waals surface area contributed by atoms with Gasteiger partial charge in [0.15, 0.2) is 0 Å². The number of hydrogen-bond donors (Lipinski definition) is 0. The molecule has 0 aromatic heterocycles. The average molecular weight is 441 g/mol. The number of likely N-dealkylation sites (tertiary alicyclic amines) is 2. The van der Waals surface area contributed by atoms with Crippen LogP contribution in [0.5, 0.6) is 5.75 Å². The molecule has 31 heavy (non-hydrogen) atoms. The van der Waals surface area contributed by atoms with Crippen LogP contribution >= 0.6 is 11.6 Å². The number of carbonyl (C=O) groups is 3. The lowest BCUT2D eigenvalue weighted by atomic mass is 9.75. The second kappa shape index (κ2) is 8.35. The molecule has 3 amide bonds. The number of rotatable bonds is 5. The van der Waals surface area contributed by atoms with Crippen LogP contribution in [-0.2, 0) is 19.8 Å². The van der Waals surface area contributed by atoms with Gasteiger partial charge in [0, 0.05) is 37.0 Å². The van der Waals surface area contributed by atoms with E-state index in [0.717, 1.165) is 29.1 Å². The number of carbonyl (C=O) groups excluding carboxylic acids is 3. The van der Waals surface area contributed by atoms with Crippen LogP contribution in [0.4, 0.5) is 0 Å². The number of likely N-dealkylation sites (N-methyl/N-ethyl adjacent to an activating group) is 1. The highest BCUT2D eigenvalue weighted by Gasteiger charge is 2.54. The highest BCUT2D eigenvalue weighted by atomic mass is 35.5. The number of nitrogens with zero attached hydrogens (tertiary/aromatic N) is 2. The number of ether oxygens (including phenoxy) is 1. The predicted octanol–water partition coefficient (Wildman–Crippen LogP) is 3.73. The van der Waals surface area contributed by atoms with Gasteiger partial charge in [-0.2, -0.15) is 0 Å². The second-order valence-corrected chi connectivity index (χ2v) is 8.57. The molecule has 2 aromatic carbocycles. The minimum atomic E-state index is -1.28. The second-order valence-electron chi connectivity index (χ2n) is 8.16. The molecule has 2 aliphatic heterocycles. The van der Waals surface area contributed by atoms with Crippen LogP contribution < -0.4 is 4.74 Å². The zero-order valence-electron chi connectivity index (χ0n) is 17.6. The van der Waals surface area contributed by atoms with Gasteiger partial charge in [-0.15, -0.1) is 0 Å². The summed E-state index contributed by atoms with van der Waals surface area (Å²) in [6.07, 6.45) is 1.51. The molecule has 2 heterocycles. The molecule has 6 nitrogen and oxygen atoms in total. The lowest BCUT2D eigenvalue weighted by molar-refractivity contribution is -0.141. The van der Waals surface area contributed by atoms with Crippen molar-refractivity contribution in [3.8, 4) is 5.75 Å².